The van der Waals surface area contributed by atoms with Crippen molar-refractivity contribution in [2.75, 3.05) is 13.7 Å². The summed E-state index contributed by atoms with van der Waals surface area (Å²) >= 11 is 8.22. The number of carbonyl (C=O) groups excluding carboxylic acids is 2. The van der Waals surface area contributed by atoms with Gasteiger partial charge in [0.15, 0.2) is 0 Å². The summed E-state index contributed by atoms with van der Waals surface area (Å²) in [6, 6.07) is 16.9. The molecule has 5 heterocycles. The summed E-state index contributed by atoms with van der Waals surface area (Å²) in [6.07, 6.45) is 6.21. The predicted octanol–water partition coefficient (Wildman–Crippen LogP) is 10.4. The highest BCUT2D eigenvalue weighted by Crippen LogP contribution is 2.49. The molecule has 52 heavy (non-hydrogen) atoms. The minimum Gasteiger partial charge on any atom is -0.464 e. The Bertz CT molecular complexity index is 2160. The van der Waals surface area contributed by atoms with E-state index < -0.39 is 18.4 Å². The lowest BCUT2D eigenvalue weighted by atomic mass is 10.0. The number of nitrogens with one attached hydrogen (secondary N) is 2. The van der Waals surface area contributed by atoms with E-state index in [1.165, 1.54) is 37.7 Å². The molecule has 3 aliphatic rings. The molecule has 3 atom stereocenters. The van der Waals surface area contributed by atoms with E-state index in [1.54, 1.807) is 17.4 Å². The van der Waals surface area contributed by atoms with Crippen molar-refractivity contribution in [2.45, 2.75) is 89.9 Å². The Labute approximate surface area is 312 Å². The lowest BCUT2D eigenvalue weighted by molar-refractivity contribution is -0.135. The molecule has 3 aromatic heterocycles. The van der Waals surface area contributed by atoms with Crippen molar-refractivity contribution in [3.63, 3.8) is 0 Å². The molecule has 0 bridgehead atoms. The number of likely N-dealkylation sites (tertiary alicyclic amines) is 1. The van der Waals surface area contributed by atoms with Crippen LogP contribution in [0.2, 0.25) is 5.02 Å². The van der Waals surface area contributed by atoms with Gasteiger partial charge in [0.2, 0.25) is 12.1 Å². The number of fused-ring (bicyclic) bond motifs is 5. The topological polar surface area (TPSA) is 88.6 Å². The minimum absolute atomic E-state index is 0.126. The number of aromatic amines is 1. The zero-order valence-corrected chi connectivity index (χ0v) is 31.5. The van der Waals surface area contributed by atoms with Gasteiger partial charge in [-0.05, 0) is 104 Å². The molecule has 0 spiro atoms. The molecule has 2 aromatic carbocycles. The molecule has 1 saturated carbocycles. The number of benzene rings is 2. The van der Waals surface area contributed by atoms with E-state index in [0.29, 0.717) is 34.4 Å². The van der Waals surface area contributed by atoms with Gasteiger partial charge in [0.25, 0.3) is 0 Å². The lowest BCUT2D eigenvalue weighted by Gasteiger charge is -2.31. The van der Waals surface area contributed by atoms with Gasteiger partial charge in [-0.2, -0.15) is 0 Å². The minimum atomic E-state index is -0.711. The number of aromatic nitrogens is 2. The Balaban J connectivity index is 1.17. The van der Waals surface area contributed by atoms with Crippen molar-refractivity contribution >= 4 is 45.8 Å². The number of amides is 2. The van der Waals surface area contributed by atoms with Gasteiger partial charge in [-0.25, -0.2) is 9.18 Å². The summed E-state index contributed by atoms with van der Waals surface area (Å²) in [4.78, 5) is 33.9. The first kappa shape index (κ1) is 34.8. The van der Waals surface area contributed by atoms with Crippen molar-refractivity contribution in [3.8, 4) is 28.3 Å². The van der Waals surface area contributed by atoms with E-state index in [0.717, 1.165) is 57.7 Å². The number of hydrogen-bond donors (Lipinski definition) is 2. The number of nitrogens with zero attached hydrogens (tertiary/aromatic N) is 2. The van der Waals surface area contributed by atoms with Crippen LogP contribution in [-0.4, -0.2) is 46.1 Å². The first-order valence-corrected chi connectivity index (χ1v) is 19.6. The molecule has 2 aliphatic heterocycles. The van der Waals surface area contributed by atoms with Crippen LogP contribution >= 0.6 is 22.9 Å². The highest BCUT2D eigenvalue weighted by molar-refractivity contribution is 7.12. The Morgan fingerprint density at radius 3 is 2.60 bits per heavy atom. The van der Waals surface area contributed by atoms with Gasteiger partial charge < -0.3 is 24.7 Å². The van der Waals surface area contributed by atoms with Crippen LogP contribution in [0.25, 0.3) is 33.4 Å². The summed E-state index contributed by atoms with van der Waals surface area (Å²) in [6.45, 7) is 6.49. The number of alkyl carbamates (subject to hydrolysis) is 1. The second kappa shape index (κ2) is 13.9. The highest BCUT2D eigenvalue weighted by atomic mass is 35.5. The largest absolute Gasteiger partial charge is 0.464 e. The maximum atomic E-state index is 16.6. The first-order chi connectivity index (χ1) is 25.1. The third kappa shape index (κ3) is 6.07. The van der Waals surface area contributed by atoms with E-state index >= 15 is 4.39 Å². The van der Waals surface area contributed by atoms with Crippen LogP contribution in [0.15, 0.2) is 54.6 Å². The standard InChI is InChI=1S/C41H44ClFN4O4S/c1-5-23-19-29(44-38(23)31-11-8-16-46(31)39(48)37(22(2)3)45-41(49)50-4)25-18-28(43)36-32-20-26-17-27(42)12-13-30(26)47(32)40(51-33(36)21-25)35-15-14-34(52-35)24-9-6-7-10-24/h12-15,17-22,24,31,37,40,44H,5-11,16H2,1-4H3,(H,45,49). The van der Waals surface area contributed by atoms with Crippen molar-refractivity contribution in [1.29, 1.82) is 0 Å². The average Bonchev–Trinajstić information content (AvgIpc) is 3.97. The van der Waals surface area contributed by atoms with Gasteiger partial charge in [0, 0.05) is 38.8 Å². The molecular formula is C41H44ClFN4O4S. The van der Waals surface area contributed by atoms with Gasteiger partial charge in [0.05, 0.1) is 34.8 Å². The van der Waals surface area contributed by atoms with Crippen LogP contribution in [0.5, 0.6) is 5.75 Å². The normalized spacial score (nSPS) is 19.2. The van der Waals surface area contributed by atoms with Gasteiger partial charge in [-0.3, -0.25) is 9.36 Å². The fraction of sp³-hybridized carbons (Fsp3) is 0.415. The van der Waals surface area contributed by atoms with Crippen LogP contribution in [0.3, 0.4) is 0 Å². The second-order valence-corrected chi connectivity index (χ2v) is 16.2. The van der Waals surface area contributed by atoms with Crippen LogP contribution in [-0.2, 0) is 16.0 Å². The first-order valence-electron chi connectivity index (χ1n) is 18.4. The van der Waals surface area contributed by atoms with E-state index in [2.05, 4.69) is 40.0 Å². The summed E-state index contributed by atoms with van der Waals surface area (Å²) in [5.41, 5.74) is 5.55. The summed E-state index contributed by atoms with van der Waals surface area (Å²) < 4.78 is 30.3. The highest BCUT2D eigenvalue weighted by Gasteiger charge is 2.38. The predicted molar refractivity (Wildman–Crippen MR) is 204 cm³/mol. The Hall–Kier alpha value is -4.28. The van der Waals surface area contributed by atoms with Crippen molar-refractivity contribution in [2.24, 2.45) is 5.92 Å². The molecule has 2 fully saturated rings. The zero-order valence-electron chi connectivity index (χ0n) is 29.9. The monoisotopic (exact) mass is 742 g/mol. The number of rotatable bonds is 8. The number of thiophene rings is 1. The van der Waals surface area contributed by atoms with Crippen LogP contribution in [0, 0.1) is 11.7 Å². The molecule has 11 heteroatoms. The smallest absolute Gasteiger partial charge is 0.407 e. The summed E-state index contributed by atoms with van der Waals surface area (Å²) in [7, 11) is 1.30. The average molecular weight is 743 g/mol. The van der Waals surface area contributed by atoms with Gasteiger partial charge in [-0.1, -0.05) is 45.2 Å². The molecule has 5 aromatic rings. The fourth-order valence-corrected chi connectivity index (χ4v) is 9.87. The van der Waals surface area contributed by atoms with E-state index in [1.807, 2.05) is 49.1 Å². The molecule has 2 amide bonds. The molecule has 1 saturated heterocycles. The lowest BCUT2D eigenvalue weighted by Crippen LogP contribution is -2.51. The fourth-order valence-electron chi connectivity index (χ4n) is 8.49. The number of hydrogen-bond acceptors (Lipinski definition) is 5. The summed E-state index contributed by atoms with van der Waals surface area (Å²) in [5, 5.41) is 4.29. The maximum absolute atomic E-state index is 16.6. The zero-order chi connectivity index (χ0) is 36.3. The molecule has 0 radical (unpaired) electrons. The number of ether oxygens (including phenoxy) is 2. The van der Waals surface area contributed by atoms with Crippen molar-refractivity contribution < 1.29 is 23.5 Å². The summed E-state index contributed by atoms with van der Waals surface area (Å²) in [5.74, 6) is 0.428. The number of H-pyrrole nitrogens is 1. The molecule has 272 valence electrons. The van der Waals surface area contributed by atoms with Gasteiger partial charge >= 0.3 is 6.09 Å². The van der Waals surface area contributed by atoms with E-state index in [-0.39, 0.29) is 23.7 Å². The number of aryl methyl sites for hydroxylation is 1. The molecule has 8 nitrogen and oxygen atoms in total. The SMILES string of the molecule is CCc1cc(-c2cc(F)c3c(c2)OC(c2ccc(C4CCCC4)s2)n2c-3cc3cc(Cl)ccc32)[nH]c1C1CCCN1C(=O)C(NC(=O)OC)C(C)C. The van der Waals surface area contributed by atoms with E-state index in [9.17, 15) is 9.59 Å². The molecule has 3 unspecified atom stereocenters. The molecule has 8 rings (SSSR count). The molecular weight excluding hydrogens is 699 g/mol. The van der Waals surface area contributed by atoms with Crippen LogP contribution < -0.4 is 10.1 Å². The van der Waals surface area contributed by atoms with Crippen LogP contribution in [0.1, 0.15) is 98.5 Å². The Morgan fingerprint density at radius 2 is 1.85 bits per heavy atom. The van der Waals surface area contributed by atoms with Crippen molar-refractivity contribution in [1.82, 2.24) is 19.8 Å². The second-order valence-electron chi connectivity index (χ2n) is 14.6. The number of methoxy groups -OCH3 is 1. The van der Waals surface area contributed by atoms with Gasteiger partial charge in [0.1, 0.15) is 17.6 Å². The van der Waals surface area contributed by atoms with Crippen molar-refractivity contribution in [3.05, 3.63) is 86.4 Å². The third-order valence-electron chi connectivity index (χ3n) is 11.1. The molecule has 1 aliphatic carbocycles. The quantitative estimate of drug-likeness (QED) is 0.166. The molecule has 2 N–H and O–H groups in total. The number of halogens is 2. The maximum Gasteiger partial charge on any atom is 0.407 e. The van der Waals surface area contributed by atoms with Crippen LogP contribution in [0.4, 0.5) is 9.18 Å². The van der Waals surface area contributed by atoms with Gasteiger partial charge in [-0.15, -0.1) is 11.3 Å². The third-order valence-corrected chi connectivity index (χ3v) is 12.6. The Morgan fingerprint density at radius 1 is 1.06 bits per heavy atom. The van der Waals surface area contributed by atoms with E-state index in [4.69, 9.17) is 21.1 Å². The number of carbonyl (C=O) groups is 2. The Kier molecular flexibility index (Phi) is 9.32.